The van der Waals surface area contributed by atoms with E-state index in [1.165, 1.54) is 6.92 Å². The summed E-state index contributed by atoms with van der Waals surface area (Å²) in [6.07, 6.45) is 1.01. The van der Waals surface area contributed by atoms with Crippen molar-refractivity contribution in [1.29, 1.82) is 0 Å². The van der Waals surface area contributed by atoms with Gasteiger partial charge in [-0.15, -0.1) is 0 Å². The van der Waals surface area contributed by atoms with E-state index in [-0.39, 0.29) is 5.57 Å². The highest BCUT2D eigenvalue weighted by Crippen LogP contribution is 1.93. The molecule has 0 aromatic heterocycles. The molecule has 0 aromatic carbocycles. The predicted molar refractivity (Wildman–Crippen MR) is 33.6 cm³/mol. The van der Waals surface area contributed by atoms with E-state index in [9.17, 15) is 4.79 Å². The summed E-state index contributed by atoms with van der Waals surface area (Å²) in [4.78, 5) is 10.6. The minimum atomic E-state index is -0.537. The summed E-state index contributed by atoms with van der Waals surface area (Å²) in [6.45, 7) is 8.01. The lowest BCUT2D eigenvalue weighted by atomic mass is 10.3. The minimum Gasteiger partial charge on any atom is -0.281 e. The Morgan fingerprint density at radius 1 is 1.78 bits per heavy atom. The van der Waals surface area contributed by atoms with E-state index < -0.39 is 5.91 Å². The standard InChI is InChI=1S/C6H9NO2/c1-4-7(9)6(8)5(2)3/h4,9H,1-2H2,3H3. The Balaban J connectivity index is 4.03. The molecule has 0 fully saturated rings. The zero-order valence-electron chi connectivity index (χ0n) is 5.29. The van der Waals surface area contributed by atoms with Crippen LogP contribution in [0.4, 0.5) is 0 Å². The van der Waals surface area contributed by atoms with Gasteiger partial charge in [0.15, 0.2) is 0 Å². The normalized spacial score (nSPS) is 8.22. The number of carbonyl (C=O) groups excluding carboxylic acids is 1. The van der Waals surface area contributed by atoms with Gasteiger partial charge in [-0.05, 0) is 6.92 Å². The van der Waals surface area contributed by atoms with Crippen LogP contribution in [-0.2, 0) is 4.79 Å². The molecule has 50 valence electrons. The first-order chi connectivity index (χ1) is 4.09. The topological polar surface area (TPSA) is 40.5 Å². The van der Waals surface area contributed by atoms with Crippen LogP contribution < -0.4 is 0 Å². The lowest BCUT2D eigenvalue weighted by molar-refractivity contribution is -0.149. The summed E-state index contributed by atoms with van der Waals surface area (Å²) in [5.74, 6) is -0.537. The molecule has 1 amide bonds. The van der Waals surface area contributed by atoms with Crippen molar-refractivity contribution in [2.24, 2.45) is 0 Å². The smallest absolute Gasteiger partial charge is 0.276 e. The molecular weight excluding hydrogens is 118 g/mol. The molecule has 9 heavy (non-hydrogen) atoms. The lowest BCUT2D eigenvalue weighted by Crippen LogP contribution is -2.21. The Morgan fingerprint density at radius 3 is 2.33 bits per heavy atom. The molecule has 0 aliphatic heterocycles. The van der Waals surface area contributed by atoms with E-state index in [1.54, 1.807) is 0 Å². The third-order valence-electron chi connectivity index (χ3n) is 0.746. The quantitative estimate of drug-likeness (QED) is 0.340. The summed E-state index contributed by atoms with van der Waals surface area (Å²) in [5, 5.41) is 8.99. The van der Waals surface area contributed by atoms with Crippen molar-refractivity contribution in [2.45, 2.75) is 6.92 Å². The van der Waals surface area contributed by atoms with Crippen molar-refractivity contribution in [3.05, 3.63) is 24.9 Å². The molecule has 0 bridgehead atoms. The van der Waals surface area contributed by atoms with Crippen LogP contribution in [0, 0.1) is 0 Å². The maximum absolute atomic E-state index is 10.6. The van der Waals surface area contributed by atoms with Crippen molar-refractivity contribution in [2.75, 3.05) is 0 Å². The number of nitrogens with zero attached hydrogens (tertiary/aromatic N) is 1. The third-order valence-corrected chi connectivity index (χ3v) is 0.746. The average molecular weight is 127 g/mol. The summed E-state index contributed by atoms with van der Waals surface area (Å²) < 4.78 is 0. The van der Waals surface area contributed by atoms with Crippen LogP contribution in [0.2, 0.25) is 0 Å². The molecule has 0 rings (SSSR count). The number of hydroxylamine groups is 2. The van der Waals surface area contributed by atoms with Gasteiger partial charge in [0.05, 0.1) is 0 Å². The molecule has 0 aliphatic rings. The Hall–Kier alpha value is -1.09. The van der Waals surface area contributed by atoms with Crippen molar-refractivity contribution in [3.8, 4) is 0 Å². The molecular formula is C6H9NO2. The second kappa shape index (κ2) is 3.04. The van der Waals surface area contributed by atoms with Crippen molar-refractivity contribution in [3.63, 3.8) is 0 Å². The zero-order valence-corrected chi connectivity index (χ0v) is 5.29. The van der Waals surface area contributed by atoms with Gasteiger partial charge in [0, 0.05) is 11.8 Å². The molecule has 0 radical (unpaired) electrons. The lowest BCUT2D eigenvalue weighted by Gasteiger charge is -2.06. The molecule has 3 nitrogen and oxygen atoms in total. The molecule has 0 saturated heterocycles. The molecule has 0 atom stereocenters. The van der Waals surface area contributed by atoms with Gasteiger partial charge in [0.2, 0.25) is 0 Å². The monoisotopic (exact) mass is 127 g/mol. The summed E-state index contributed by atoms with van der Waals surface area (Å²) >= 11 is 0. The fourth-order valence-corrected chi connectivity index (χ4v) is 0.278. The van der Waals surface area contributed by atoms with Gasteiger partial charge in [-0.1, -0.05) is 13.2 Å². The number of hydrogen-bond donors (Lipinski definition) is 1. The largest absolute Gasteiger partial charge is 0.281 e. The van der Waals surface area contributed by atoms with Crippen LogP contribution >= 0.6 is 0 Å². The zero-order chi connectivity index (χ0) is 7.44. The van der Waals surface area contributed by atoms with Crippen molar-refractivity contribution < 1.29 is 10.0 Å². The van der Waals surface area contributed by atoms with Crippen LogP contribution in [0.25, 0.3) is 0 Å². The van der Waals surface area contributed by atoms with E-state index in [0.717, 1.165) is 6.20 Å². The van der Waals surface area contributed by atoms with E-state index in [0.29, 0.717) is 5.06 Å². The number of amides is 1. The Morgan fingerprint density at radius 2 is 2.22 bits per heavy atom. The van der Waals surface area contributed by atoms with Gasteiger partial charge in [0.25, 0.3) is 5.91 Å². The first-order valence-corrected chi connectivity index (χ1v) is 2.40. The summed E-state index contributed by atoms with van der Waals surface area (Å²) in [7, 11) is 0. The Bertz CT molecular complexity index is 151. The molecule has 3 heteroatoms. The number of carbonyl (C=O) groups is 1. The van der Waals surface area contributed by atoms with Gasteiger partial charge in [0.1, 0.15) is 0 Å². The van der Waals surface area contributed by atoms with Crippen LogP contribution in [0.5, 0.6) is 0 Å². The SMILES string of the molecule is C=CN(O)C(=O)C(=C)C. The fraction of sp³-hybridized carbons (Fsp3) is 0.167. The highest BCUT2D eigenvalue weighted by atomic mass is 16.5. The van der Waals surface area contributed by atoms with Gasteiger partial charge >= 0.3 is 0 Å². The van der Waals surface area contributed by atoms with Crippen LogP contribution in [0.1, 0.15) is 6.92 Å². The van der Waals surface area contributed by atoms with E-state index >= 15 is 0 Å². The predicted octanol–water partition coefficient (Wildman–Crippen LogP) is 0.924. The van der Waals surface area contributed by atoms with E-state index in [2.05, 4.69) is 13.2 Å². The highest BCUT2D eigenvalue weighted by Gasteiger charge is 2.05. The van der Waals surface area contributed by atoms with Gasteiger partial charge in [-0.3, -0.25) is 10.0 Å². The maximum Gasteiger partial charge on any atom is 0.276 e. The average Bonchev–Trinajstić information content (AvgIpc) is 1.84. The fourth-order valence-electron chi connectivity index (χ4n) is 0.278. The van der Waals surface area contributed by atoms with Gasteiger partial charge in [-0.2, -0.15) is 5.06 Å². The number of hydrogen-bond acceptors (Lipinski definition) is 2. The summed E-state index contributed by atoms with van der Waals surface area (Å²) in [6, 6.07) is 0. The van der Waals surface area contributed by atoms with Crippen LogP contribution in [0.15, 0.2) is 24.9 Å². The molecule has 0 spiro atoms. The van der Waals surface area contributed by atoms with Crippen LogP contribution in [0.3, 0.4) is 0 Å². The Kier molecular flexibility index (Phi) is 2.67. The van der Waals surface area contributed by atoms with E-state index in [1.807, 2.05) is 0 Å². The van der Waals surface area contributed by atoms with E-state index in [4.69, 9.17) is 5.21 Å². The number of rotatable bonds is 2. The molecule has 0 saturated carbocycles. The van der Waals surface area contributed by atoms with Crippen molar-refractivity contribution >= 4 is 5.91 Å². The van der Waals surface area contributed by atoms with Gasteiger partial charge < -0.3 is 0 Å². The second-order valence-electron chi connectivity index (χ2n) is 1.61. The molecule has 1 N–H and O–H groups in total. The Labute approximate surface area is 53.9 Å². The molecule has 0 unspecified atom stereocenters. The molecule has 0 aliphatic carbocycles. The minimum absolute atomic E-state index is 0.275. The molecule has 0 aromatic rings. The highest BCUT2D eigenvalue weighted by molar-refractivity contribution is 5.91. The van der Waals surface area contributed by atoms with Gasteiger partial charge in [-0.25, -0.2) is 0 Å². The second-order valence-corrected chi connectivity index (χ2v) is 1.61. The first-order valence-electron chi connectivity index (χ1n) is 2.40. The summed E-state index contributed by atoms with van der Waals surface area (Å²) in [5.41, 5.74) is 0.275. The van der Waals surface area contributed by atoms with Crippen molar-refractivity contribution in [1.82, 2.24) is 5.06 Å². The third kappa shape index (κ3) is 2.10. The maximum atomic E-state index is 10.6. The van der Waals surface area contributed by atoms with Crippen LogP contribution in [-0.4, -0.2) is 16.2 Å². The molecule has 0 heterocycles. The first kappa shape index (κ1) is 7.91.